The third kappa shape index (κ3) is 6.51. The zero-order chi connectivity index (χ0) is 24.2. The second kappa shape index (κ2) is 11.2. The predicted molar refractivity (Wildman–Crippen MR) is 121 cm³/mol. The van der Waals surface area contributed by atoms with Gasteiger partial charge in [-0.1, -0.05) is 0 Å². The van der Waals surface area contributed by atoms with Crippen molar-refractivity contribution in [2.24, 2.45) is 22.9 Å². The Balaban J connectivity index is 1.54. The van der Waals surface area contributed by atoms with E-state index in [0.717, 1.165) is 25.8 Å². The number of rotatable bonds is 10. The second-order valence-electron chi connectivity index (χ2n) is 9.36. The fourth-order valence-electron chi connectivity index (χ4n) is 4.65. The first-order valence-electron chi connectivity index (χ1n) is 11.7. The minimum atomic E-state index is -1.62. The zero-order valence-electron chi connectivity index (χ0n) is 18.9. The molecule has 0 bridgehead atoms. The largest absolute Gasteiger partial charge is 0.390 e. The number of aliphatic hydroxyl groups excluding tert-OH is 1. The number of amides is 1. The van der Waals surface area contributed by atoms with E-state index in [2.05, 4.69) is 16.0 Å². The van der Waals surface area contributed by atoms with Gasteiger partial charge in [0.15, 0.2) is 17.9 Å². The molecule has 13 heteroatoms. The number of nitrogens with two attached hydrogens (primary N) is 4. The molecule has 3 aliphatic rings. The molecule has 0 radical (unpaired) electrons. The highest BCUT2D eigenvalue weighted by atomic mass is 16.7. The Kier molecular flexibility index (Phi) is 8.86. The lowest BCUT2D eigenvalue weighted by atomic mass is 9.86. The zero-order valence-corrected chi connectivity index (χ0v) is 18.9. The summed E-state index contributed by atoms with van der Waals surface area (Å²) in [5.41, 5.74) is 21.3. The maximum absolute atomic E-state index is 12.5. The van der Waals surface area contributed by atoms with Crippen molar-refractivity contribution in [2.45, 2.75) is 92.9 Å². The molecule has 1 heterocycles. The van der Waals surface area contributed by atoms with Crippen LogP contribution in [0.15, 0.2) is 0 Å². The lowest BCUT2D eigenvalue weighted by molar-refractivity contribution is -0.247. The van der Waals surface area contributed by atoms with Gasteiger partial charge in [-0.05, 0) is 45.2 Å². The van der Waals surface area contributed by atoms with Crippen LogP contribution in [-0.2, 0) is 14.3 Å². The highest BCUT2D eigenvalue weighted by molar-refractivity contribution is 5.91. The molecule has 1 aliphatic heterocycles. The lowest BCUT2D eigenvalue weighted by Crippen LogP contribution is -2.60. The third-order valence-electron chi connectivity index (χ3n) is 6.67. The summed E-state index contributed by atoms with van der Waals surface area (Å²) in [6.45, 7) is 1.69. The molecule has 0 aromatic heterocycles. The maximum Gasteiger partial charge on any atom is 0.254 e. The molecule has 9 atom stereocenters. The van der Waals surface area contributed by atoms with Gasteiger partial charge in [-0.15, -0.1) is 0 Å². The molecule has 3 rings (SSSR count). The smallest absolute Gasteiger partial charge is 0.254 e. The quantitative estimate of drug-likeness (QED) is 0.0836. The highest BCUT2D eigenvalue weighted by Crippen LogP contribution is 2.36. The molecular weight excluding hydrogens is 432 g/mol. The molecule has 190 valence electrons. The molecule has 1 amide bonds. The summed E-state index contributed by atoms with van der Waals surface area (Å²) in [6.07, 6.45) is 0.886. The number of aliphatic hydroxyl groups is 2. The molecule has 3 fully saturated rings. The number of guanidine groups is 1. The predicted octanol–water partition coefficient (Wildman–Crippen LogP) is -3.90. The average Bonchev–Trinajstić information content (AvgIpc) is 3.41. The van der Waals surface area contributed by atoms with Crippen molar-refractivity contribution < 1.29 is 24.5 Å². The number of carbonyl (C=O) groups is 1. The first-order valence-corrected chi connectivity index (χ1v) is 11.7. The summed E-state index contributed by atoms with van der Waals surface area (Å²) in [5, 5.41) is 37.1. The fraction of sp³-hybridized carbons (Fsp3) is 0.900. The van der Waals surface area contributed by atoms with Gasteiger partial charge in [-0.3, -0.25) is 10.2 Å². The lowest BCUT2D eigenvalue weighted by Gasteiger charge is -2.43. The van der Waals surface area contributed by atoms with Crippen LogP contribution in [0, 0.1) is 5.41 Å². The Morgan fingerprint density at radius 2 is 2.00 bits per heavy atom. The van der Waals surface area contributed by atoms with E-state index in [1.54, 1.807) is 0 Å². The second-order valence-corrected chi connectivity index (χ2v) is 9.36. The minimum absolute atomic E-state index is 0.0639. The molecule has 14 N–H and O–H groups in total. The van der Waals surface area contributed by atoms with Crippen LogP contribution in [0.4, 0.5) is 0 Å². The van der Waals surface area contributed by atoms with Gasteiger partial charge in [0.2, 0.25) is 0 Å². The summed E-state index contributed by atoms with van der Waals surface area (Å²) in [7, 11) is 0. The van der Waals surface area contributed by atoms with Gasteiger partial charge in [0, 0.05) is 25.0 Å². The first kappa shape index (κ1) is 26.0. The van der Waals surface area contributed by atoms with E-state index in [4.69, 9.17) is 37.8 Å². The van der Waals surface area contributed by atoms with Gasteiger partial charge in [-0.25, -0.2) is 0 Å². The summed E-state index contributed by atoms with van der Waals surface area (Å²) in [6, 6.07) is -1.64. The van der Waals surface area contributed by atoms with E-state index < -0.39 is 48.1 Å². The molecular formula is C20H40N8O5. The van der Waals surface area contributed by atoms with Crippen molar-refractivity contribution in [2.75, 3.05) is 19.6 Å². The van der Waals surface area contributed by atoms with Crippen molar-refractivity contribution >= 4 is 11.9 Å². The molecule has 0 aromatic rings. The first-order chi connectivity index (χ1) is 15.7. The minimum Gasteiger partial charge on any atom is -0.390 e. The van der Waals surface area contributed by atoms with Crippen LogP contribution in [0.5, 0.6) is 0 Å². The number of carbonyl (C=O) groups excluding carboxylic acids is 1. The number of hydrogen-bond acceptors (Lipinski definition) is 10. The van der Waals surface area contributed by atoms with E-state index in [9.17, 15) is 15.0 Å². The van der Waals surface area contributed by atoms with E-state index in [1.807, 2.05) is 0 Å². The normalized spacial score (nSPS) is 40.8. The van der Waals surface area contributed by atoms with E-state index >= 15 is 0 Å². The van der Waals surface area contributed by atoms with E-state index in [-0.39, 0.29) is 30.9 Å². The van der Waals surface area contributed by atoms with Crippen molar-refractivity contribution in [3.8, 4) is 0 Å². The monoisotopic (exact) mass is 472 g/mol. The van der Waals surface area contributed by atoms with Gasteiger partial charge < -0.3 is 58.6 Å². The highest BCUT2D eigenvalue weighted by Gasteiger charge is 2.60. The number of ether oxygens (including phenoxy) is 2. The van der Waals surface area contributed by atoms with Crippen LogP contribution in [0.1, 0.15) is 38.5 Å². The molecule has 13 nitrogen and oxygen atoms in total. The summed E-state index contributed by atoms with van der Waals surface area (Å²) in [4.78, 5) is 12.5. The summed E-state index contributed by atoms with van der Waals surface area (Å²) >= 11 is 0. The molecule has 2 saturated carbocycles. The topological polar surface area (TPSA) is 240 Å². The summed E-state index contributed by atoms with van der Waals surface area (Å²) < 4.78 is 12.2. The van der Waals surface area contributed by atoms with Gasteiger partial charge in [0.1, 0.15) is 6.10 Å². The fourth-order valence-corrected chi connectivity index (χ4v) is 4.65. The molecule has 33 heavy (non-hydrogen) atoms. The molecule has 1 saturated heterocycles. The van der Waals surface area contributed by atoms with Crippen molar-refractivity contribution in [3.63, 3.8) is 0 Å². The van der Waals surface area contributed by atoms with Gasteiger partial charge >= 0.3 is 0 Å². The Morgan fingerprint density at radius 3 is 2.64 bits per heavy atom. The van der Waals surface area contributed by atoms with E-state index in [1.165, 1.54) is 0 Å². The van der Waals surface area contributed by atoms with Gasteiger partial charge in [-0.2, -0.15) is 0 Å². The molecule has 3 unspecified atom stereocenters. The molecule has 0 spiro atoms. The van der Waals surface area contributed by atoms with Crippen molar-refractivity contribution in [3.05, 3.63) is 0 Å². The third-order valence-corrected chi connectivity index (χ3v) is 6.67. The number of nitrogens with one attached hydrogen (secondary N) is 4. The van der Waals surface area contributed by atoms with Crippen LogP contribution in [0.2, 0.25) is 0 Å². The van der Waals surface area contributed by atoms with Crippen LogP contribution in [0.25, 0.3) is 0 Å². The van der Waals surface area contributed by atoms with Crippen LogP contribution >= 0.6 is 0 Å². The van der Waals surface area contributed by atoms with Crippen LogP contribution < -0.4 is 38.9 Å². The summed E-state index contributed by atoms with van der Waals surface area (Å²) in [5.74, 6) is -0.882. The van der Waals surface area contributed by atoms with Crippen molar-refractivity contribution in [1.29, 1.82) is 5.41 Å². The SMILES string of the molecule is N=C(N)NC1CC1(O)C(=O)N[C@H]1C[C@@H](O)C(O[C@H]2O[C@H](CN)CC[C@H]2NCCCN)[C@@H](N)C1. The Bertz CT molecular complexity index is 673. The Labute approximate surface area is 193 Å². The van der Waals surface area contributed by atoms with Gasteiger partial charge in [0.25, 0.3) is 5.91 Å². The van der Waals surface area contributed by atoms with Crippen molar-refractivity contribution in [1.82, 2.24) is 16.0 Å². The number of hydrogen-bond donors (Lipinski definition) is 10. The maximum atomic E-state index is 12.5. The van der Waals surface area contributed by atoms with Crippen LogP contribution in [0.3, 0.4) is 0 Å². The molecule has 0 aromatic carbocycles. The Morgan fingerprint density at radius 1 is 1.24 bits per heavy atom. The average molecular weight is 473 g/mol. The van der Waals surface area contributed by atoms with E-state index in [0.29, 0.717) is 19.5 Å². The van der Waals surface area contributed by atoms with Gasteiger partial charge in [0.05, 0.1) is 24.3 Å². The molecule has 2 aliphatic carbocycles. The standard InChI is InChI=1S/C20H40N8O5/c21-4-1-5-26-13-3-2-11(9-22)32-17(13)33-16-12(23)6-10(7-14(16)29)27-18(30)20(31)8-15(20)28-19(24)25/h10-17,26,29,31H,1-9,21-23H2,(H,27,30)(H4,24,25,28)/t10-,11+,12+,13-,14-,15?,16?,17-,20?/m1/s1. The Hall–Kier alpha value is -1.58. The van der Waals surface area contributed by atoms with Crippen LogP contribution in [-0.4, -0.2) is 96.1 Å².